The van der Waals surface area contributed by atoms with Crippen molar-refractivity contribution in [2.45, 2.75) is 50.3 Å². The molecule has 2 saturated carbocycles. The van der Waals surface area contributed by atoms with Crippen LogP contribution in [-0.4, -0.2) is 79.5 Å². The van der Waals surface area contributed by atoms with Gasteiger partial charge in [0.25, 0.3) is 0 Å². The van der Waals surface area contributed by atoms with Crippen LogP contribution in [0.15, 0.2) is 40.9 Å². The molecule has 0 radical (unpaired) electrons. The van der Waals surface area contributed by atoms with E-state index >= 15 is 0 Å². The maximum absolute atomic E-state index is 6.57. The predicted octanol–water partition coefficient (Wildman–Crippen LogP) is 4.50. The summed E-state index contributed by atoms with van der Waals surface area (Å²) in [5.74, 6) is 2.35. The average Bonchev–Trinajstić information content (AvgIpc) is 3.91. The van der Waals surface area contributed by atoms with Gasteiger partial charge in [-0.05, 0) is 64.7 Å². The SMILES string of the molecule is Brc1c(C2CC2)cc2c(N3CC4NCC43)nc(OCC3(CN4CCOCC4)CC3)nc2c1OCc1ccccc1. The van der Waals surface area contributed by atoms with Crippen molar-refractivity contribution in [1.29, 1.82) is 0 Å². The summed E-state index contributed by atoms with van der Waals surface area (Å²) in [6.07, 6.45) is 4.80. The van der Waals surface area contributed by atoms with Gasteiger partial charge in [0.05, 0.1) is 30.3 Å². The van der Waals surface area contributed by atoms with Crippen LogP contribution < -0.4 is 19.7 Å². The lowest BCUT2D eigenvalue weighted by molar-refractivity contribution is 0.0231. The van der Waals surface area contributed by atoms with Crippen LogP contribution in [0.5, 0.6) is 11.8 Å². The molecule has 1 N–H and O–H groups in total. The van der Waals surface area contributed by atoms with E-state index in [1.54, 1.807) is 0 Å². The lowest BCUT2D eigenvalue weighted by Crippen LogP contribution is -2.78. The minimum atomic E-state index is 0.193. The third kappa shape index (κ3) is 4.74. The standard InChI is InChI=1S/C31H36BrN5O3/c32-26-22(21-6-7-21)14-23-27(28(26)39-17-20-4-2-1-3-5-20)34-30(35-29(23)37-16-24-25(37)15-33-24)40-19-31(8-9-31)18-36-10-12-38-13-11-36/h1-5,14,21,24-25,33H,6-13,15-19H2. The lowest BCUT2D eigenvalue weighted by atomic mass is 9.88. The van der Waals surface area contributed by atoms with Crippen molar-refractivity contribution < 1.29 is 14.2 Å². The van der Waals surface area contributed by atoms with Crippen LogP contribution in [-0.2, 0) is 11.3 Å². The molecule has 0 spiro atoms. The summed E-state index contributed by atoms with van der Waals surface area (Å²) in [4.78, 5) is 15.1. The molecule has 2 atom stereocenters. The number of hydrogen-bond acceptors (Lipinski definition) is 8. The van der Waals surface area contributed by atoms with Crippen molar-refractivity contribution in [2.24, 2.45) is 5.41 Å². The van der Waals surface area contributed by atoms with Gasteiger partial charge in [-0.3, -0.25) is 4.90 Å². The highest BCUT2D eigenvalue weighted by Crippen LogP contribution is 2.51. The molecule has 3 saturated heterocycles. The maximum atomic E-state index is 6.57. The van der Waals surface area contributed by atoms with Crippen molar-refractivity contribution in [3.63, 3.8) is 0 Å². The highest BCUT2D eigenvalue weighted by molar-refractivity contribution is 9.10. The zero-order valence-electron chi connectivity index (χ0n) is 22.8. The fourth-order valence-electron chi connectivity index (χ4n) is 6.37. The van der Waals surface area contributed by atoms with Gasteiger partial charge in [-0.2, -0.15) is 9.97 Å². The van der Waals surface area contributed by atoms with E-state index in [1.165, 1.54) is 31.2 Å². The summed E-state index contributed by atoms with van der Waals surface area (Å²) in [6, 6.07) is 14.2. The summed E-state index contributed by atoms with van der Waals surface area (Å²) in [6.45, 7) is 7.80. The summed E-state index contributed by atoms with van der Waals surface area (Å²) in [5.41, 5.74) is 3.47. The zero-order chi connectivity index (χ0) is 26.7. The zero-order valence-corrected chi connectivity index (χ0v) is 24.4. The van der Waals surface area contributed by atoms with Crippen LogP contribution in [0, 0.1) is 5.41 Å². The summed E-state index contributed by atoms with van der Waals surface area (Å²) in [7, 11) is 0. The number of nitrogens with zero attached hydrogens (tertiary/aromatic N) is 4. The Labute approximate surface area is 243 Å². The van der Waals surface area contributed by atoms with Crippen molar-refractivity contribution in [1.82, 2.24) is 20.2 Å². The minimum absolute atomic E-state index is 0.193. The molecule has 0 bridgehead atoms. The molecule has 5 fully saturated rings. The Hall–Kier alpha value is -2.46. The first-order valence-electron chi connectivity index (χ1n) is 14.8. The van der Waals surface area contributed by atoms with E-state index in [1.807, 2.05) is 6.07 Å². The second-order valence-corrected chi connectivity index (χ2v) is 13.1. The molecule has 3 aromatic rings. The Morgan fingerprint density at radius 1 is 1.07 bits per heavy atom. The first-order valence-corrected chi connectivity index (χ1v) is 15.6. The van der Waals surface area contributed by atoms with Gasteiger partial charge in [0.15, 0.2) is 5.75 Å². The second kappa shape index (κ2) is 10.1. The molecule has 210 valence electrons. The van der Waals surface area contributed by atoms with Crippen molar-refractivity contribution in [3.05, 3.63) is 52.0 Å². The number of benzene rings is 2. The molecule has 2 unspecified atom stereocenters. The normalized spacial score (nSPS) is 25.2. The second-order valence-electron chi connectivity index (χ2n) is 12.3. The van der Waals surface area contributed by atoms with E-state index in [9.17, 15) is 0 Å². The van der Waals surface area contributed by atoms with Gasteiger partial charge < -0.3 is 24.4 Å². The van der Waals surface area contributed by atoms with Crippen LogP contribution in [0.3, 0.4) is 0 Å². The molecule has 8 nitrogen and oxygen atoms in total. The largest absolute Gasteiger partial charge is 0.485 e. The van der Waals surface area contributed by atoms with Gasteiger partial charge in [0.1, 0.15) is 17.9 Å². The molecule has 0 amide bonds. The third-order valence-corrected chi connectivity index (χ3v) is 10.2. The molecule has 40 heavy (non-hydrogen) atoms. The van der Waals surface area contributed by atoms with E-state index < -0.39 is 0 Å². The molecule has 3 aliphatic heterocycles. The number of halogens is 1. The highest BCUT2D eigenvalue weighted by Gasteiger charge is 2.48. The predicted molar refractivity (Wildman–Crippen MR) is 157 cm³/mol. The van der Waals surface area contributed by atoms with Gasteiger partial charge in [-0.1, -0.05) is 30.3 Å². The van der Waals surface area contributed by atoms with E-state index in [0.29, 0.717) is 37.2 Å². The smallest absolute Gasteiger partial charge is 0.319 e. The molecule has 4 heterocycles. The molecule has 8 rings (SSSR count). The van der Waals surface area contributed by atoms with Gasteiger partial charge in [0, 0.05) is 49.6 Å². The molecule has 5 aliphatic rings. The van der Waals surface area contributed by atoms with Crippen LogP contribution >= 0.6 is 15.9 Å². The quantitative estimate of drug-likeness (QED) is 0.362. The van der Waals surface area contributed by atoms with Crippen LogP contribution in [0.2, 0.25) is 0 Å². The van der Waals surface area contributed by atoms with Gasteiger partial charge in [-0.15, -0.1) is 0 Å². The Balaban J connectivity index is 1.14. The highest BCUT2D eigenvalue weighted by atomic mass is 79.9. The number of nitrogens with one attached hydrogen (secondary N) is 1. The van der Waals surface area contributed by atoms with Crippen molar-refractivity contribution in [2.75, 3.05) is 57.4 Å². The lowest BCUT2D eigenvalue weighted by Gasteiger charge is -2.56. The molecule has 2 aliphatic carbocycles. The molecule has 9 heteroatoms. The fraction of sp³-hybridized carbons (Fsp3) is 0.548. The van der Waals surface area contributed by atoms with Gasteiger partial charge >= 0.3 is 6.01 Å². The topological polar surface area (TPSA) is 72.0 Å². The Bertz CT molecular complexity index is 1410. The number of ether oxygens (including phenoxy) is 3. The van der Waals surface area contributed by atoms with E-state index in [4.69, 9.17) is 24.2 Å². The monoisotopic (exact) mass is 605 g/mol. The van der Waals surface area contributed by atoms with Crippen LogP contribution in [0.4, 0.5) is 5.82 Å². The maximum Gasteiger partial charge on any atom is 0.319 e. The summed E-state index contributed by atoms with van der Waals surface area (Å²) in [5, 5.41) is 4.61. The molecular formula is C31H36BrN5O3. The van der Waals surface area contributed by atoms with Crippen LogP contribution in [0.25, 0.3) is 10.9 Å². The van der Waals surface area contributed by atoms with E-state index in [-0.39, 0.29) is 5.41 Å². The van der Waals surface area contributed by atoms with Gasteiger partial charge in [-0.25, -0.2) is 0 Å². The number of hydrogen-bond donors (Lipinski definition) is 1. The number of anilines is 1. The van der Waals surface area contributed by atoms with Gasteiger partial charge in [0.2, 0.25) is 0 Å². The van der Waals surface area contributed by atoms with Crippen molar-refractivity contribution in [3.8, 4) is 11.8 Å². The number of piperazine rings is 1. The summed E-state index contributed by atoms with van der Waals surface area (Å²) >= 11 is 3.94. The molecular weight excluding hydrogens is 570 g/mol. The average molecular weight is 607 g/mol. The minimum Gasteiger partial charge on any atom is -0.485 e. The number of fused-ring (bicyclic) bond motifs is 2. The number of aromatic nitrogens is 2. The van der Waals surface area contributed by atoms with E-state index in [2.05, 4.69) is 61.4 Å². The third-order valence-electron chi connectivity index (χ3n) is 9.36. The Morgan fingerprint density at radius 2 is 1.90 bits per heavy atom. The Morgan fingerprint density at radius 3 is 2.58 bits per heavy atom. The number of morpholine rings is 1. The first kappa shape index (κ1) is 25.3. The Kier molecular flexibility index (Phi) is 6.39. The molecule has 2 aromatic carbocycles. The van der Waals surface area contributed by atoms with Crippen molar-refractivity contribution >= 4 is 32.7 Å². The van der Waals surface area contributed by atoms with E-state index in [0.717, 1.165) is 78.4 Å². The molecule has 1 aromatic heterocycles. The number of rotatable bonds is 10. The first-order chi connectivity index (χ1) is 19.7. The van der Waals surface area contributed by atoms with Crippen LogP contribution in [0.1, 0.15) is 42.7 Å². The fourth-order valence-corrected chi connectivity index (χ4v) is 7.11. The summed E-state index contributed by atoms with van der Waals surface area (Å²) < 4.78 is 19.6.